The van der Waals surface area contributed by atoms with Gasteiger partial charge >= 0.3 is 4.87 Å². The lowest BCUT2D eigenvalue weighted by atomic mass is 10.1. The summed E-state index contributed by atoms with van der Waals surface area (Å²) in [5.74, 6) is 1.42. The number of benzene rings is 1. The smallest absolute Gasteiger partial charge is 0.304 e. The Morgan fingerprint density at radius 1 is 1.30 bits per heavy atom. The Morgan fingerprint density at radius 3 is 2.65 bits per heavy atom. The van der Waals surface area contributed by atoms with Crippen LogP contribution in [0.1, 0.15) is 24.2 Å². The lowest BCUT2D eigenvalue weighted by Gasteiger charge is -2.16. The number of aromatic nitrogens is 1. The highest BCUT2D eigenvalue weighted by atomic mass is 32.1. The van der Waals surface area contributed by atoms with Crippen molar-refractivity contribution in [1.82, 2.24) is 10.3 Å². The van der Waals surface area contributed by atoms with Crippen LogP contribution < -0.4 is 19.7 Å². The van der Waals surface area contributed by atoms with Crippen molar-refractivity contribution in [1.29, 1.82) is 0 Å². The van der Waals surface area contributed by atoms with Crippen molar-refractivity contribution < 1.29 is 9.47 Å². The molecule has 0 radical (unpaired) electrons. The fourth-order valence-electron chi connectivity index (χ4n) is 1.90. The molecule has 1 aromatic heterocycles. The second-order valence-electron chi connectivity index (χ2n) is 4.39. The minimum Gasteiger partial charge on any atom is -0.493 e. The normalized spacial score (nSPS) is 12.2. The third-order valence-electron chi connectivity index (χ3n) is 3.08. The van der Waals surface area contributed by atoms with Crippen LogP contribution in [0.5, 0.6) is 11.5 Å². The van der Waals surface area contributed by atoms with Gasteiger partial charge in [-0.25, -0.2) is 0 Å². The molecule has 0 spiro atoms. The molecule has 0 bridgehead atoms. The Kier molecular flexibility index (Phi) is 4.81. The number of hydrogen-bond donors (Lipinski definition) is 2. The first-order valence-corrected chi connectivity index (χ1v) is 7.14. The van der Waals surface area contributed by atoms with Crippen LogP contribution in [0.2, 0.25) is 0 Å². The summed E-state index contributed by atoms with van der Waals surface area (Å²) in [6.07, 6.45) is 0. The van der Waals surface area contributed by atoms with Gasteiger partial charge in [-0.05, 0) is 24.6 Å². The van der Waals surface area contributed by atoms with Gasteiger partial charge in [-0.1, -0.05) is 17.4 Å². The summed E-state index contributed by atoms with van der Waals surface area (Å²) in [7, 11) is 3.24. The first-order chi connectivity index (χ1) is 9.63. The van der Waals surface area contributed by atoms with E-state index in [1.807, 2.05) is 23.6 Å². The van der Waals surface area contributed by atoms with Crippen LogP contribution in [0.4, 0.5) is 0 Å². The third-order valence-corrected chi connectivity index (χ3v) is 3.80. The molecule has 2 aromatic rings. The molecule has 0 saturated carbocycles. The molecule has 1 heterocycles. The molecular formula is C14H18N2O3S. The second kappa shape index (κ2) is 6.58. The predicted molar refractivity (Wildman–Crippen MR) is 79.7 cm³/mol. The number of methoxy groups -OCH3 is 2. The number of thiazole rings is 1. The molecule has 0 amide bonds. The SMILES string of the molecule is COc1ccc(C(C)NCc2csc(=O)[nH]2)cc1OC. The zero-order valence-corrected chi connectivity index (χ0v) is 12.5. The Bertz CT molecular complexity index is 621. The van der Waals surface area contributed by atoms with Crippen LogP contribution >= 0.6 is 11.3 Å². The average molecular weight is 294 g/mol. The van der Waals surface area contributed by atoms with Gasteiger partial charge < -0.3 is 19.8 Å². The topological polar surface area (TPSA) is 63.3 Å². The Balaban J connectivity index is 2.05. The highest BCUT2D eigenvalue weighted by molar-refractivity contribution is 7.07. The fourth-order valence-corrected chi connectivity index (χ4v) is 2.49. The zero-order chi connectivity index (χ0) is 14.5. The minimum atomic E-state index is -0.0273. The highest BCUT2D eigenvalue weighted by Crippen LogP contribution is 2.29. The molecule has 1 atom stereocenters. The summed E-state index contributed by atoms with van der Waals surface area (Å²) in [5.41, 5.74) is 1.99. The van der Waals surface area contributed by atoms with Gasteiger partial charge in [0.05, 0.1) is 14.2 Å². The fraction of sp³-hybridized carbons (Fsp3) is 0.357. The molecule has 6 heteroatoms. The van der Waals surface area contributed by atoms with E-state index in [0.717, 1.165) is 11.3 Å². The Hall–Kier alpha value is -1.79. The molecule has 1 unspecified atom stereocenters. The average Bonchev–Trinajstić information content (AvgIpc) is 2.89. The minimum absolute atomic E-state index is 0.0273. The summed E-state index contributed by atoms with van der Waals surface area (Å²) in [5, 5.41) is 5.19. The Morgan fingerprint density at radius 2 is 2.05 bits per heavy atom. The summed E-state index contributed by atoms with van der Waals surface area (Å²) in [6, 6.07) is 5.97. The van der Waals surface area contributed by atoms with E-state index in [2.05, 4.69) is 17.2 Å². The van der Waals surface area contributed by atoms with Gasteiger partial charge in [0.1, 0.15) is 0 Å². The molecular weight excluding hydrogens is 276 g/mol. The van der Waals surface area contributed by atoms with Crippen molar-refractivity contribution in [2.24, 2.45) is 0 Å². The maximum Gasteiger partial charge on any atom is 0.304 e. The molecule has 0 aliphatic rings. The lowest BCUT2D eigenvalue weighted by molar-refractivity contribution is 0.354. The van der Waals surface area contributed by atoms with Gasteiger partial charge in [0, 0.05) is 23.7 Å². The van der Waals surface area contributed by atoms with Crippen molar-refractivity contribution in [2.75, 3.05) is 14.2 Å². The molecule has 0 saturated heterocycles. The number of ether oxygens (including phenoxy) is 2. The standard InChI is InChI=1S/C14H18N2O3S/c1-9(15-7-11-8-20-14(17)16-11)10-4-5-12(18-2)13(6-10)19-3/h4-6,8-9,15H,7H2,1-3H3,(H,16,17). The zero-order valence-electron chi connectivity index (χ0n) is 11.7. The van der Waals surface area contributed by atoms with Gasteiger partial charge in [0.25, 0.3) is 0 Å². The predicted octanol–water partition coefficient (Wildman–Crippen LogP) is 2.30. The largest absolute Gasteiger partial charge is 0.493 e. The van der Waals surface area contributed by atoms with E-state index in [0.29, 0.717) is 18.0 Å². The molecule has 108 valence electrons. The third kappa shape index (κ3) is 3.40. The molecule has 2 rings (SSSR count). The summed E-state index contributed by atoms with van der Waals surface area (Å²) < 4.78 is 10.5. The van der Waals surface area contributed by atoms with E-state index in [-0.39, 0.29) is 10.9 Å². The number of aromatic amines is 1. The monoisotopic (exact) mass is 294 g/mol. The summed E-state index contributed by atoms with van der Waals surface area (Å²) in [4.78, 5) is 13.8. The van der Waals surface area contributed by atoms with Crippen LogP contribution in [-0.2, 0) is 6.54 Å². The van der Waals surface area contributed by atoms with Crippen molar-refractivity contribution in [3.05, 3.63) is 44.5 Å². The quantitative estimate of drug-likeness (QED) is 0.858. The number of H-pyrrole nitrogens is 1. The van der Waals surface area contributed by atoms with Gasteiger partial charge in [-0.3, -0.25) is 4.79 Å². The van der Waals surface area contributed by atoms with Crippen LogP contribution in [0.15, 0.2) is 28.4 Å². The van der Waals surface area contributed by atoms with Gasteiger partial charge in [-0.15, -0.1) is 0 Å². The lowest BCUT2D eigenvalue weighted by Crippen LogP contribution is -2.18. The van der Waals surface area contributed by atoms with Crippen molar-refractivity contribution in [3.8, 4) is 11.5 Å². The van der Waals surface area contributed by atoms with Gasteiger partial charge in [-0.2, -0.15) is 0 Å². The van der Waals surface area contributed by atoms with E-state index < -0.39 is 0 Å². The summed E-state index contributed by atoms with van der Waals surface area (Å²) >= 11 is 1.18. The van der Waals surface area contributed by atoms with Crippen LogP contribution in [0.25, 0.3) is 0 Å². The van der Waals surface area contributed by atoms with Crippen LogP contribution in [0.3, 0.4) is 0 Å². The van der Waals surface area contributed by atoms with Crippen LogP contribution in [0, 0.1) is 0 Å². The number of rotatable bonds is 6. The van der Waals surface area contributed by atoms with E-state index in [4.69, 9.17) is 9.47 Å². The number of hydrogen-bond acceptors (Lipinski definition) is 5. The molecule has 1 aromatic carbocycles. The first kappa shape index (κ1) is 14.6. The van der Waals surface area contributed by atoms with Crippen molar-refractivity contribution in [2.45, 2.75) is 19.5 Å². The first-order valence-electron chi connectivity index (χ1n) is 6.26. The van der Waals surface area contributed by atoms with E-state index in [9.17, 15) is 4.79 Å². The molecule has 0 aliphatic heterocycles. The summed E-state index contributed by atoms with van der Waals surface area (Å²) in [6.45, 7) is 2.68. The van der Waals surface area contributed by atoms with E-state index in [1.54, 1.807) is 14.2 Å². The maximum atomic E-state index is 11.1. The van der Waals surface area contributed by atoms with Gasteiger partial charge in [0.15, 0.2) is 11.5 Å². The van der Waals surface area contributed by atoms with E-state index >= 15 is 0 Å². The van der Waals surface area contributed by atoms with Gasteiger partial charge in [0.2, 0.25) is 0 Å². The molecule has 2 N–H and O–H groups in total. The second-order valence-corrected chi connectivity index (χ2v) is 5.23. The molecule has 5 nitrogen and oxygen atoms in total. The molecule has 20 heavy (non-hydrogen) atoms. The highest BCUT2D eigenvalue weighted by Gasteiger charge is 2.10. The molecule has 0 aliphatic carbocycles. The number of nitrogens with one attached hydrogen (secondary N) is 2. The van der Waals surface area contributed by atoms with Crippen molar-refractivity contribution >= 4 is 11.3 Å². The van der Waals surface area contributed by atoms with Crippen LogP contribution in [-0.4, -0.2) is 19.2 Å². The van der Waals surface area contributed by atoms with E-state index in [1.165, 1.54) is 11.3 Å². The Labute approximate surface area is 121 Å². The van der Waals surface area contributed by atoms with Crippen molar-refractivity contribution in [3.63, 3.8) is 0 Å². The maximum absolute atomic E-state index is 11.1. The molecule has 0 fully saturated rings.